The number of ether oxygens (including phenoxy) is 1. The molecule has 3 aliphatic rings. The lowest BCUT2D eigenvalue weighted by Gasteiger charge is -2.59. The van der Waals surface area contributed by atoms with Crippen molar-refractivity contribution in [3.8, 4) is 0 Å². The Labute approximate surface area is 275 Å². The number of piperidine rings is 1. The first kappa shape index (κ1) is 33.8. The van der Waals surface area contributed by atoms with Gasteiger partial charge in [-0.1, -0.05) is 38.0 Å². The van der Waals surface area contributed by atoms with Crippen LogP contribution in [0.2, 0.25) is 10.4 Å². The number of hydrogen-bond acceptors (Lipinski definition) is 6. The van der Waals surface area contributed by atoms with Crippen LogP contribution in [0.25, 0.3) is 0 Å². The molecule has 8 nitrogen and oxygen atoms in total. The fourth-order valence-electron chi connectivity index (χ4n) is 7.52. The third kappa shape index (κ3) is 4.91. The average Bonchev–Trinajstić information content (AvgIpc) is 3.34. The second kappa shape index (κ2) is 11.6. The summed E-state index contributed by atoms with van der Waals surface area (Å²) in [6, 6.07) is 0. The number of rotatable bonds is 6. The highest BCUT2D eigenvalue weighted by molar-refractivity contribution is 6.67. The van der Waals surface area contributed by atoms with Crippen LogP contribution in [0.4, 0.5) is 10.1 Å². The molecule has 3 aliphatic heterocycles. The minimum atomic E-state index is -1.29. The molecular formula is C25H38B11FN4O4. The number of carbonyl (C=O) groups excluding carboxylic acids is 3. The number of carbonyl (C=O) groups is 3. The van der Waals surface area contributed by atoms with Gasteiger partial charge in [-0.25, -0.2) is 4.39 Å². The lowest BCUT2D eigenvalue weighted by molar-refractivity contribution is -0.140. The number of halogens is 1. The van der Waals surface area contributed by atoms with Gasteiger partial charge in [0.25, 0.3) is 5.91 Å². The standard InChI is InChI=1S/C25H38B11FN4O4/c26-12-8(18(37)16(30)13(27)10(12)6-40-1-3-45-4-2-40)5-38-19-9-7-41(20(42)11(9)14(28)15(29)17(19)31)24(34)22(44)39-21(43)23(32,33)25(24,35)36/h38H,1-7,26-36H2,(H,39,43,44). The van der Waals surface area contributed by atoms with Crippen LogP contribution in [0.5, 0.6) is 0 Å². The second-order valence-electron chi connectivity index (χ2n) is 14.5. The summed E-state index contributed by atoms with van der Waals surface area (Å²) in [6.45, 7) is 4.29. The monoisotopic (exact) mass is 598 g/mol. The predicted molar refractivity (Wildman–Crippen MR) is 209 cm³/mol. The van der Waals surface area contributed by atoms with E-state index in [-0.39, 0.29) is 30.7 Å². The first-order valence-corrected chi connectivity index (χ1v) is 16.0. The highest BCUT2D eigenvalue weighted by atomic mass is 19.1. The summed E-state index contributed by atoms with van der Waals surface area (Å²) in [6.07, 6.45) is 0. The van der Waals surface area contributed by atoms with E-state index in [1.165, 1.54) is 0 Å². The van der Waals surface area contributed by atoms with Crippen LogP contribution in [-0.2, 0) is 34.0 Å². The van der Waals surface area contributed by atoms with Gasteiger partial charge in [0.1, 0.15) is 92.1 Å². The Morgan fingerprint density at radius 3 is 2.04 bits per heavy atom. The van der Waals surface area contributed by atoms with Gasteiger partial charge in [0.2, 0.25) is 11.8 Å². The molecule has 0 aliphatic carbocycles. The van der Waals surface area contributed by atoms with Crippen LogP contribution in [0.3, 0.4) is 0 Å². The number of fused-ring (bicyclic) bond motifs is 1. The number of benzene rings is 2. The highest BCUT2D eigenvalue weighted by Gasteiger charge is 2.64. The summed E-state index contributed by atoms with van der Waals surface area (Å²) in [4.78, 5) is 44.9. The number of imide groups is 1. The minimum absolute atomic E-state index is 0.201. The van der Waals surface area contributed by atoms with Crippen LogP contribution in [0.15, 0.2) is 0 Å². The van der Waals surface area contributed by atoms with E-state index in [1.54, 1.807) is 12.7 Å². The molecule has 0 bridgehead atoms. The first-order chi connectivity index (χ1) is 20.9. The summed E-state index contributed by atoms with van der Waals surface area (Å²) >= 11 is 0. The van der Waals surface area contributed by atoms with Crippen molar-refractivity contribution >= 4 is 142 Å². The van der Waals surface area contributed by atoms with Crippen molar-refractivity contribution in [1.29, 1.82) is 0 Å². The normalized spacial score (nSPS) is 22.7. The van der Waals surface area contributed by atoms with Gasteiger partial charge < -0.3 is 15.0 Å². The summed E-state index contributed by atoms with van der Waals surface area (Å²) < 4.78 is 21.5. The third-order valence-electron chi connectivity index (χ3n) is 12.3. The maximum absolute atomic E-state index is 15.9. The molecule has 2 aromatic rings. The summed E-state index contributed by atoms with van der Waals surface area (Å²) in [5.74, 6) is -1.26. The zero-order valence-electron chi connectivity index (χ0n) is 28.9. The second-order valence-corrected chi connectivity index (χ2v) is 14.5. The zero-order chi connectivity index (χ0) is 33.4. The highest BCUT2D eigenvalue weighted by Crippen LogP contribution is 2.55. The van der Waals surface area contributed by atoms with E-state index in [1.807, 2.05) is 78.5 Å². The Morgan fingerprint density at radius 2 is 1.42 bits per heavy atom. The number of anilines is 1. The molecule has 3 heterocycles. The van der Waals surface area contributed by atoms with Crippen molar-refractivity contribution in [2.75, 3.05) is 31.6 Å². The van der Waals surface area contributed by atoms with E-state index in [9.17, 15) is 14.4 Å². The fourth-order valence-corrected chi connectivity index (χ4v) is 7.52. The molecule has 20 heteroatoms. The Bertz CT molecular complexity index is 1650. The number of morpholine rings is 1. The van der Waals surface area contributed by atoms with E-state index in [0.29, 0.717) is 29.8 Å². The molecule has 0 spiro atoms. The number of nitrogens with zero attached hydrogens (tertiary/aromatic N) is 2. The molecule has 2 N–H and O–H groups in total. The van der Waals surface area contributed by atoms with E-state index < -0.39 is 21.8 Å². The molecule has 2 fully saturated rings. The van der Waals surface area contributed by atoms with Gasteiger partial charge in [0.05, 0.1) is 18.7 Å². The lowest BCUT2D eigenvalue weighted by Crippen LogP contribution is -2.75. The fraction of sp³-hybridized carbons (Fsp3) is 0.400. The van der Waals surface area contributed by atoms with Crippen molar-refractivity contribution < 1.29 is 23.5 Å². The van der Waals surface area contributed by atoms with Crippen molar-refractivity contribution in [1.82, 2.24) is 15.1 Å². The third-order valence-corrected chi connectivity index (χ3v) is 12.3. The molecule has 3 amide bonds. The number of amides is 3. The topological polar surface area (TPSA) is 91.0 Å². The summed E-state index contributed by atoms with van der Waals surface area (Å²) in [5, 5.41) is 4.33. The molecule has 2 aromatic carbocycles. The summed E-state index contributed by atoms with van der Waals surface area (Å²) in [5.41, 5.74) is 8.05. The van der Waals surface area contributed by atoms with Gasteiger partial charge in [-0.2, -0.15) is 0 Å². The van der Waals surface area contributed by atoms with Crippen LogP contribution >= 0.6 is 0 Å². The summed E-state index contributed by atoms with van der Waals surface area (Å²) in [7, 11) is 21.0. The zero-order valence-corrected chi connectivity index (χ0v) is 28.9. The van der Waals surface area contributed by atoms with E-state index in [4.69, 9.17) is 4.74 Å². The molecule has 0 saturated carbocycles. The molecule has 0 aromatic heterocycles. The lowest BCUT2D eigenvalue weighted by atomic mass is 9.21. The molecular weight excluding hydrogens is 558 g/mol. The van der Waals surface area contributed by atoms with Gasteiger partial charge in [0, 0.05) is 55.1 Å². The SMILES string of the molecule is Bc1c(B)c(NCc2c(B)c(CN3CCOCC3)c(B)c(B)c2F)c2c(c1B)C(=O)N(C1(B)C(=O)NC(=O)C(B)(B)C1(B)B)C2. The van der Waals surface area contributed by atoms with Crippen LogP contribution in [0, 0.1) is 5.82 Å². The van der Waals surface area contributed by atoms with Crippen molar-refractivity contribution in [2.24, 2.45) is 0 Å². The van der Waals surface area contributed by atoms with E-state index in [0.717, 1.165) is 63.8 Å². The first-order valence-electron chi connectivity index (χ1n) is 16.0. The molecule has 1 atom stereocenters. The van der Waals surface area contributed by atoms with E-state index in [2.05, 4.69) is 15.5 Å². The molecule has 5 rings (SSSR count). The number of hydrogen-bond donors (Lipinski definition) is 2. The number of nitrogens with one attached hydrogen (secondary N) is 2. The van der Waals surface area contributed by atoms with Gasteiger partial charge in [-0.05, 0) is 10.8 Å². The maximum Gasteiger partial charge on any atom is 0.254 e. The largest absolute Gasteiger partial charge is 0.381 e. The predicted octanol–water partition coefficient (Wildman–Crippen LogP) is -13.5. The smallest absolute Gasteiger partial charge is 0.254 e. The molecule has 0 radical (unpaired) electrons. The van der Waals surface area contributed by atoms with Crippen LogP contribution in [-0.4, -0.2) is 146 Å². The Morgan fingerprint density at radius 1 is 0.800 bits per heavy atom. The Balaban J connectivity index is 1.55. The van der Waals surface area contributed by atoms with E-state index >= 15 is 4.39 Å². The Kier molecular flexibility index (Phi) is 8.69. The van der Waals surface area contributed by atoms with Gasteiger partial charge >= 0.3 is 0 Å². The quantitative estimate of drug-likeness (QED) is 0.255. The average molecular weight is 597 g/mol. The van der Waals surface area contributed by atoms with Gasteiger partial charge in [-0.3, -0.25) is 24.6 Å². The van der Waals surface area contributed by atoms with Crippen molar-refractivity contribution in [3.63, 3.8) is 0 Å². The minimum Gasteiger partial charge on any atom is -0.381 e. The van der Waals surface area contributed by atoms with Crippen LogP contribution in [0.1, 0.15) is 27.0 Å². The maximum atomic E-state index is 15.9. The molecule has 1 unspecified atom stereocenters. The Hall–Kier alpha value is -2.59. The van der Waals surface area contributed by atoms with Gasteiger partial charge in [-0.15, -0.1) is 0 Å². The van der Waals surface area contributed by atoms with Crippen molar-refractivity contribution in [2.45, 2.75) is 35.5 Å². The molecule has 45 heavy (non-hydrogen) atoms. The van der Waals surface area contributed by atoms with Crippen LogP contribution < -0.4 is 43.4 Å². The molecule has 222 valence electrons. The molecule has 2 saturated heterocycles. The van der Waals surface area contributed by atoms with Gasteiger partial charge in [0.15, 0.2) is 0 Å². The van der Waals surface area contributed by atoms with Crippen molar-refractivity contribution in [3.05, 3.63) is 28.1 Å².